The number of piperidine rings is 1. The summed E-state index contributed by atoms with van der Waals surface area (Å²) in [5.74, 6) is 1.56. The van der Waals surface area contributed by atoms with Crippen molar-refractivity contribution in [3.63, 3.8) is 0 Å². The number of benzene rings is 1. The van der Waals surface area contributed by atoms with Crippen LogP contribution in [0.15, 0.2) is 34.3 Å². The van der Waals surface area contributed by atoms with Gasteiger partial charge in [-0.2, -0.15) is 0 Å². The number of aliphatic imine (C=N–C) groups is 2. The Hall–Kier alpha value is 0.0600. The lowest BCUT2D eigenvalue weighted by Gasteiger charge is -2.41. The first kappa shape index (κ1) is 24.7. The molecule has 1 aromatic carbocycles. The second kappa shape index (κ2) is 9.91. The molecule has 0 amide bonds. The number of hydrogen-bond donors (Lipinski definition) is 0. The van der Waals surface area contributed by atoms with E-state index in [0.717, 1.165) is 43.9 Å². The minimum absolute atomic E-state index is 0.182. The van der Waals surface area contributed by atoms with Crippen LogP contribution in [0.4, 0.5) is 0 Å². The number of halogens is 6. The molecular formula is C20H24Cl6N4. The van der Waals surface area contributed by atoms with Gasteiger partial charge in [-0.15, -0.1) is 0 Å². The molecule has 4 nitrogen and oxygen atoms in total. The molecule has 2 aliphatic rings. The summed E-state index contributed by atoms with van der Waals surface area (Å²) < 4.78 is -3.17. The van der Waals surface area contributed by atoms with E-state index < -0.39 is 7.59 Å². The Morgan fingerprint density at radius 1 is 0.967 bits per heavy atom. The largest absolute Gasteiger partial charge is 0.333 e. The molecule has 0 bridgehead atoms. The van der Waals surface area contributed by atoms with Crippen LogP contribution in [0, 0.1) is 5.92 Å². The minimum atomic E-state index is -1.69. The van der Waals surface area contributed by atoms with E-state index in [9.17, 15) is 0 Å². The second-order valence-electron chi connectivity index (χ2n) is 8.03. The van der Waals surface area contributed by atoms with Crippen molar-refractivity contribution in [2.75, 3.05) is 26.3 Å². The predicted molar refractivity (Wildman–Crippen MR) is 131 cm³/mol. The first-order valence-corrected chi connectivity index (χ1v) is 12.1. The van der Waals surface area contributed by atoms with Gasteiger partial charge >= 0.3 is 0 Å². The van der Waals surface area contributed by atoms with E-state index in [1.807, 2.05) is 12.1 Å². The van der Waals surface area contributed by atoms with Crippen LogP contribution in [0.25, 0.3) is 0 Å². The molecule has 0 saturated carbocycles. The van der Waals surface area contributed by atoms with Gasteiger partial charge in [0.2, 0.25) is 7.59 Å². The van der Waals surface area contributed by atoms with Crippen molar-refractivity contribution < 1.29 is 0 Å². The van der Waals surface area contributed by atoms with E-state index in [2.05, 4.69) is 33.6 Å². The highest BCUT2D eigenvalue weighted by molar-refractivity contribution is 6.77. The molecule has 0 aromatic heterocycles. The number of nitrogens with zero attached hydrogens (tertiary/aromatic N) is 4. The number of rotatable bonds is 4. The molecule has 0 aliphatic carbocycles. The van der Waals surface area contributed by atoms with Crippen LogP contribution >= 0.6 is 69.6 Å². The Morgan fingerprint density at radius 2 is 1.57 bits per heavy atom. The molecule has 2 aliphatic heterocycles. The summed E-state index contributed by atoms with van der Waals surface area (Å²) in [7, 11) is 0. The van der Waals surface area contributed by atoms with E-state index in [0.29, 0.717) is 24.2 Å². The van der Waals surface area contributed by atoms with Crippen LogP contribution in [-0.2, 0) is 3.79 Å². The lowest BCUT2D eigenvalue weighted by Crippen LogP contribution is -2.50. The van der Waals surface area contributed by atoms with Crippen LogP contribution in [0.5, 0.6) is 0 Å². The maximum Gasteiger partial charge on any atom is 0.249 e. The molecular weight excluding hydrogens is 509 g/mol. The highest BCUT2D eigenvalue weighted by Gasteiger charge is 2.35. The summed E-state index contributed by atoms with van der Waals surface area (Å²) in [4.78, 5) is 13.8. The Morgan fingerprint density at radius 3 is 2.07 bits per heavy atom. The molecule has 2 heterocycles. The van der Waals surface area contributed by atoms with Gasteiger partial charge in [-0.05, 0) is 18.8 Å². The topological polar surface area (TPSA) is 31.2 Å². The molecule has 1 fully saturated rings. The van der Waals surface area contributed by atoms with Crippen molar-refractivity contribution in [2.24, 2.45) is 15.9 Å². The fourth-order valence-electron chi connectivity index (χ4n) is 3.82. The van der Waals surface area contributed by atoms with E-state index in [4.69, 9.17) is 69.6 Å². The Balaban J connectivity index is 1.85. The number of amidine groups is 2. The average molecular weight is 533 g/mol. The van der Waals surface area contributed by atoms with Gasteiger partial charge < -0.3 is 9.80 Å². The summed E-state index contributed by atoms with van der Waals surface area (Å²) in [5.41, 5.74) is 1.44. The van der Waals surface area contributed by atoms with Gasteiger partial charge in [0, 0.05) is 36.8 Å². The van der Waals surface area contributed by atoms with Gasteiger partial charge in [-0.25, -0.2) is 9.98 Å². The standard InChI is InChI=1S/C20H24Cl6N4/c1-13(2)11-29-9-7-16(8-10-29)30-12-27-18(20(24,25)26)28-17(30)14-3-5-15(6-4-14)19(21,22)23/h3-6,13,16H,7-12H2,1-2H3. The Kier molecular flexibility index (Phi) is 8.16. The summed E-state index contributed by atoms with van der Waals surface area (Å²) in [6, 6.07) is 7.60. The van der Waals surface area contributed by atoms with Gasteiger partial charge in [0.15, 0.2) is 5.84 Å². The van der Waals surface area contributed by atoms with Gasteiger partial charge in [0.05, 0.1) is 0 Å². The zero-order valence-electron chi connectivity index (χ0n) is 16.8. The predicted octanol–water partition coefficient (Wildman–Crippen LogP) is 6.42. The highest BCUT2D eigenvalue weighted by Crippen LogP contribution is 2.38. The van der Waals surface area contributed by atoms with Crippen molar-refractivity contribution in [3.8, 4) is 0 Å². The number of alkyl halides is 6. The zero-order chi connectivity index (χ0) is 22.1. The van der Waals surface area contributed by atoms with Crippen molar-refractivity contribution in [1.82, 2.24) is 9.80 Å². The normalized spacial score (nSPS) is 19.8. The van der Waals surface area contributed by atoms with Gasteiger partial charge in [0.1, 0.15) is 12.5 Å². The fraction of sp³-hybridized carbons (Fsp3) is 0.600. The smallest absolute Gasteiger partial charge is 0.249 e. The van der Waals surface area contributed by atoms with Crippen LogP contribution in [-0.4, -0.2) is 57.6 Å². The van der Waals surface area contributed by atoms with Gasteiger partial charge in [-0.1, -0.05) is 108 Å². The van der Waals surface area contributed by atoms with Crippen LogP contribution in [0.3, 0.4) is 0 Å². The van der Waals surface area contributed by atoms with Gasteiger partial charge in [-0.3, -0.25) is 0 Å². The van der Waals surface area contributed by atoms with E-state index in [1.165, 1.54) is 0 Å². The highest BCUT2D eigenvalue weighted by atomic mass is 35.6. The van der Waals surface area contributed by atoms with Crippen molar-refractivity contribution in [3.05, 3.63) is 35.4 Å². The van der Waals surface area contributed by atoms with Crippen LogP contribution in [0.2, 0.25) is 0 Å². The van der Waals surface area contributed by atoms with Gasteiger partial charge in [0.25, 0.3) is 0 Å². The molecule has 30 heavy (non-hydrogen) atoms. The van der Waals surface area contributed by atoms with Crippen molar-refractivity contribution in [1.29, 1.82) is 0 Å². The fourth-order valence-corrected chi connectivity index (χ4v) is 4.50. The molecule has 1 saturated heterocycles. The van der Waals surface area contributed by atoms with Crippen LogP contribution in [0.1, 0.15) is 37.8 Å². The third-order valence-corrected chi connectivity index (χ3v) is 6.36. The minimum Gasteiger partial charge on any atom is -0.333 e. The summed E-state index contributed by atoms with van der Waals surface area (Å²) >= 11 is 36.2. The second-order valence-corrected chi connectivity index (χ2v) is 12.6. The molecule has 3 rings (SSSR count). The molecule has 0 spiro atoms. The summed E-state index contributed by atoms with van der Waals surface area (Å²) in [5, 5.41) is 0. The first-order valence-electron chi connectivity index (χ1n) is 9.82. The molecule has 0 N–H and O–H groups in total. The van der Waals surface area contributed by atoms with E-state index >= 15 is 0 Å². The average Bonchev–Trinajstić information content (AvgIpc) is 2.66. The van der Waals surface area contributed by atoms with Crippen molar-refractivity contribution >= 4 is 81.3 Å². The van der Waals surface area contributed by atoms with Crippen molar-refractivity contribution in [2.45, 2.75) is 40.3 Å². The molecule has 0 unspecified atom stereocenters. The summed E-state index contributed by atoms with van der Waals surface area (Å²) in [6.45, 7) is 8.08. The number of likely N-dealkylation sites (tertiary alicyclic amines) is 1. The molecule has 0 atom stereocenters. The molecule has 166 valence electrons. The summed E-state index contributed by atoms with van der Waals surface area (Å²) in [6.07, 6.45) is 2.05. The Bertz CT molecular complexity index is 787. The zero-order valence-corrected chi connectivity index (χ0v) is 21.3. The maximum atomic E-state index is 6.07. The number of hydrogen-bond acceptors (Lipinski definition) is 4. The SMILES string of the molecule is CC(C)CN1CCC(N2CN=C(C(Cl)(Cl)Cl)N=C2c2ccc(C(Cl)(Cl)Cl)cc2)CC1. The molecule has 0 radical (unpaired) electrons. The monoisotopic (exact) mass is 530 g/mol. The quantitative estimate of drug-likeness (QED) is 0.419. The Labute approximate surface area is 208 Å². The van der Waals surface area contributed by atoms with E-state index in [1.54, 1.807) is 12.1 Å². The molecule has 10 heteroatoms. The third-order valence-electron chi connectivity index (χ3n) is 5.20. The lowest BCUT2D eigenvalue weighted by molar-refractivity contribution is 0.143. The third kappa shape index (κ3) is 6.31. The molecule has 1 aromatic rings. The van der Waals surface area contributed by atoms with Crippen LogP contribution < -0.4 is 0 Å². The lowest BCUT2D eigenvalue weighted by atomic mass is 10.0. The van der Waals surface area contributed by atoms with E-state index in [-0.39, 0.29) is 5.84 Å². The first-order chi connectivity index (χ1) is 13.9. The maximum absolute atomic E-state index is 6.07.